The van der Waals surface area contributed by atoms with Gasteiger partial charge in [0.05, 0.1) is 11.6 Å². The van der Waals surface area contributed by atoms with E-state index in [1.165, 1.54) is 5.56 Å². The van der Waals surface area contributed by atoms with Crippen LogP contribution in [0.5, 0.6) is 5.75 Å². The molecule has 0 aliphatic rings. The molecule has 1 N–H and O–H groups in total. The summed E-state index contributed by atoms with van der Waals surface area (Å²) in [6, 6.07) is 21.0. The SMILES string of the molecule is CCc1ccc(C(NC(=O)COc2ccccc2C#N)c2cccs2)cc1. The Morgan fingerprint density at radius 3 is 2.59 bits per heavy atom. The smallest absolute Gasteiger partial charge is 0.258 e. The zero-order valence-electron chi connectivity index (χ0n) is 15.0. The third-order valence-corrected chi connectivity index (χ3v) is 5.16. The standard InChI is InChI=1S/C22H20N2O2S/c1-2-16-9-11-17(12-10-16)22(20-8-5-13-27-20)24-21(25)15-26-19-7-4-3-6-18(19)14-23/h3-13,22H,2,15H2,1H3,(H,24,25). The number of ether oxygens (including phenoxy) is 1. The van der Waals surface area contributed by atoms with Gasteiger partial charge in [-0.15, -0.1) is 11.3 Å². The van der Waals surface area contributed by atoms with Gasteiger partial charge in [0, 0.05) is 4.88 Å². The predicted molar refractivity (Wildman–Crippen MR) is 107 cm³/mol. The van der Waals surface area contributed by atoms with E-state index in [1.54, 1.807) is 35.6 Å². The summed E-state index contributed by atoms with van der Waals surface area (Å²) in [6.07, 6.45) is 0.975. The average molecular weight is 376 g/mol. The Morgan fingerprint density at radius 1 is 1.15 bits per heavy atom. The zero-order chi connectivity index (χ0) is 19.1. The van der Waals surface area contributed by atoms with Crippen molar-refractivity contribution in [3.05, 3.63) is 87.6 Å². The molecule has 2 aromatic carbocycles. The van der Waals surface area contributed by atoms with Gasteiger partial charge < -0.3 is 10.1 Å². The normalized spacial score (nSPS) is 11.4. The van der Waals surface area contributed by atoms with Crippen LogP contribution in [0.15, 0.2) is 66.0 Å². The number of thiophene rings is 1. The second-order valence-corrected chi connectivity index (χ2v) is 6.99. The summed E-state index contributed by atoms with van der Waals surface area (Å²) < 4.78 is 5.55. The highest BCUT2D eigenvalue weighted by Crippen LogP contribution is 2.26. The number of para-hydroxylation sites is 1. The third kappa shape index (κ3) is 4.75. The number of hydrogen-bond acceptors (Lipinski definition) is 4. The van der Waals surface area contributed by atoms with Crippen LogP contribution in [0, 0.1) is 11.3 Å². The van der Waals surface area contributed by atoms with Crippen LogP contribution in [0.2, 0.25) is 0 Å². The Balaban J connectivity index is 1.72. The molecular weight excluding hydrogens is 356 g/mol. The number of amides is 1. The highest BCUT2D eigenvalue weighted by molar-refractivity contribution is 7.10. The van der Waals surface area contributed by atoms with Gasteiger partial charge in [-0.25, -0.2) is 0 Å². The van der Waals surface area contributed by atoms with E-state index in [1.807, 2.05) is 17.5 Å². The fourth-order valence-electron chi connectivity index (χ4n) is 2.75. The first-order valence-corrected chi connectivity index (χ1v) is 9.62. The Labute approximate surface area is 163 Å². The number of benzene rings is 2. The molecular formula is C22H20N2O2S. The van der Waals surface area contributed by atoms with Gasteiger partial charge in [-0.1, -0.05) is 49.4 Å². The topological polar surface area (TPSA) is 62.1 Å². The molecule has 0 spiro atoms. The van der Waals surface area contributed by atoms with Crippen LogP contribution in [-0.2, 0) is 11.2 Å². The van der Waals surface area contributed by atoms with E-state index >= 15 is 0 Å². The minimum absolute atomic E-state index is 0.145. The number of carbonyl (C=O) groups excluding carboxylic acids is 1. The molecule has 1 amide bonds. The number of hydrogen-bond donors (Lipinski definition) is 1. The van der Waals surface area contributed by atoms with E-state index in [4.69, 9.17) is 10.00 Å². The average Bonchev–Trinajstić information content (AvgIpc) is 3.25. The maximum atomic E-state index is 12.5. The Hall–Kier alpha value is -3.10. The Kier molecular flexibility index (Phi) is 6.24. The summed E-state index contributed by atoms with van der Waals surface area (Å²) in [5, 5.41) is 14.2. The first-order chi connectivity index (χ1) is 13.2. The molecule has 1 aromatic heterocycles. The summed E-state index contributed by atoms with van der Waals surface area (Å²) in [4.78, 5) is 13.6. The van der Waals surface area contributed by atoms with Crippen molar-refractivity contribution in [2.24, 2.45) is 0 Å². The highest BCUT2D eigenvalue weighted by Gasteiger charge is 2.18. The summed E-state index contributed by atoms with van der Waals surface area (Å²) in [7, 11) is 0. The van der Waals surface area contributed by atoms with Crippen LogP contribution >= 0.6 is 11.3 Å². The number of carbonyl (C=O) groups is 1. The predicted octanol–water partition coefficient (Wildman–Crippen LogP) is 4.47. The van der Waals surface area contributed by atoms with Crippen LogP contribution in [0.3, 0.4) is 0 Å². The minimum Gasteiger partial charge on any atom is -0.482 e. The van der Waals surface area contributed by atoms with Crippen LogP contribution in [0.4, 0.5) is 0 Å². The minimum atomic E-state index is -0.235. The van der Waals surface area contributed by atoms with Crippen molar-refractivity contribution < 1.29 is 9.53 Å². The van der Waals surface area contributed by atoms with Gasteiger partial charge in [0.1, 0.15) is 11.8 Å². The molecule has 0 aliphatic carbocycles. The van der Waals surface area contributed by atoms with Crippen LogP contribution < -0.4 is 10.1 Å². The summed E-state index contributed by atoms with van der Waals surface area (Å²) in [6.45, 7) is 1.97. The second-order valence-electron chi connectivity index (χ2n) is 6.01. The summed E-state index contributed by atoms with van der Waals surface area (Å²) in [5.74, 6) is 0.177. The number of nitrogens with zero attached hydrogens (tertiary/aromatic N) is 1. The Morgan fingerprint density at radius 2 is 1.93 bits per heavy atom. The lowest BCUT2D eigenvalue weighted by Gasteiger charge is -2.19. The number of aryl methyl sites for hydroxylation is 1. The van der Waals surface area contributed by atoms with Gasteiger partial charge in [0.15, 0.2) is 6.61 Å². The van der Waals surface area contributed by atoms with E-state index in [0.29, 0.717) is 11.3 Å². The van der Waals surface area contributed by atoms with E-state index in [-0.39, 0.29) is 18.6 Å². The molecule has 0 radical (unpaired) electrons. The van der Waals surface area contributed by atoms with Gasteiger partial charge in [0.25, 0.3) is 5.91 Å². The molecule has 0 saturated heterocycles. The maximum Gasteiger partial charge on any atom is 0.258 e. The van der Waals surface area contributed by atoms with Crippen molar-refractivity contribution in [3.63, 3.8) is 0 Å². The van der Waals surface area contributed by atoms with E-state index in [9.17, 15) is 4.79 Å². The lowest BCUT2D eigenvalue weighted by molar-refractivity contribution is -0.123. The van der Waals surface area contributed by atoms with Gasteiger partial charge in [-0.05, 0) is 41.1 Å². The molecule has 1 unspecified atom stereocenters. The van der Waals surface area contributed by atoms with Crippen LogP contribution in [0.1, 0.15) is 34.5 Å². The second kappa shape index (κ2) is 9.02. The monoisotopic (exact) mass is 376 g/mol. The van der Waals surface area contributed by atoms with Crippen molar-refractivity contribution in [2.75, 3.05) is 6.61 Å². The summed E-state index contributed by atoms with van der Waals surface area (Å²) >= 11 is 1.60. The highest BCUT2D eigenvalue weighted by atomic mass is 32.1. The molecule has 27 heavy (non-hydrogen) atoms. The van der Waals surface area contributed by atoms with Crippen molar-refractivity contribution >= 4 is 17.2 Å². The lowest BCUT2D eigenvalue weighted by Crippen LogP contribution is -2.33. The van der Waals surface area contributed by atoms with Gasteiger partial charge in [0.2, 0.25) is 0 Å². The van der Waals surface area contributed by atoms with Crippen molar-refractivity contribution in [1.82, 2.24) is 5.32 Å². The van der Waals surface area contributed by atoms with E-state index in [0.717, 1.165) is 16.9 Å². The van der Waals surface area contributed by atoms with E-state index < -0.39 is 0 Å². The molecule has 3 aromatic rings. The number of rotatable bonds is 7. The van der Waals surface area contributed by atoms with Gasteiger partial charge in [-0.2, -0.15) is 5.26 Å². The molecule has 136 valence electrons. The van der Waals surface area contributed by atoms with Crippen LogP contribution in [0.25, 0.3) is 0 Å². The molecule has 0 saturated carbocycles. The largest absolute Gasteiger partial charge is 0.482 e. The van der Waals surface area contributed by atoms with Gasteiger partial charge in [-0.3, -0.25) is 4.79 Å². The van der Waals surface area contributed by atoms with Crippen LogP contribution in [-0.4, -0.2) is 12.5 Å². The maximum absolute atomic E-state index is 12.5. The number of nitriles is 1. The molecule has 0 aliphatic heterocycles. The third-order valence-electron chi connectivity index (χ3n) is 4.22. The van der Waals surface area contributed by atoms with Crippen molar-refractivity contribution in [1.29, 1.82) is 5.26 Å². The molecule has 1 atom stereocenters. The zero-order valence-corrected chi connectivity index (χ0v) is 15.8. The molecule has 5 heteroatoms. The first-order valence-electron chi connectivity index (χ1n) is 8.74. The lowest BCUT2D eigenvalue weighted by atomic mass is 10.0. The van der Waals surface area contributed by atoms with Crippen molar-refractivity contribution in [3.8, 4) is 11.8 Å². The van der Waals surface area contributed by atoms with Crippen molar-refractivity contribution in [2.45, 2.75) is 19.4 Å². The molecule has 0 bridgehead atoms. The quantitative estimate of drug-likeness (QED) is 0.662. The van der Waals surface area contributed by atoms with E-state index in [2.05, 4.69) is 42.6 Å². The molecule has 4 nitrogen and oxygen atoms in total. The first kappa shape index (κ1) is 18.7. The Bertz CT molecular complexity index is 928. The number of nitrogens with one attached hydrogen (secondary N) is 1. The summed E-state index contributed by atoms with van der Waals surface area (Å²) in [5.41, 5.74) is 2.70. The molecule has 1 heterocycles. The van der Waals surface area contributed by atoms with Gasteiger partial charge >= 0.3 is 0 Å². The fourth-order valence-corrected chi connectivity index (χ4v) is 3.55. The molecule has 3 rings (SSSR count). The molecule has 0 fully saturated rings. The fraction of sp³-hybridized carbons (Fsp3) is 0.182.